The van der Waals surface area contributed by atoms with E-state index in [1.807, 2.05) is 0 Å². The van der Waals surface area contributed by atoms with E-state index in [1.54, 1.807) is 0 Å². The summed E-state index contributed by atoms with van der Waals surface area (Å²) in [5.41, 5.74) is -1.34. The quantitative estimate of drug-likeness (QED) is 0.847. The molecule has 0 saturated carbocycles. The Morgan fingerprint density at radius 2 is 1.90 bits per heavy atom. The summed E-state index contributed by atoms with van der Waals surface area (Å²) in [6, 6.07) is 2.41. The molecule has 1 N–H and O–H groups in total. The van der Waals surface area contributed by atoms with Crippen LogP contribution in [0.4, 0.5) is 17.6 Å². The number of Topliss-reactive ketones (excluding diaryl/α,β-unsaturated/α-hetero) is 1. The molecule has 3 nitrogen and oxygen atoms in total. The van der Waals surface area contributed by atoms with Crippen molar-refractivity contribution in [1.82, 2.24) is 5.32 Å². The lowest BCUT2D eigenvalue weighted by molar-refractivity contribution is -0.140. The number of ketones is 1. The number of carbonyl (C=O) groups is 2. The molecule has 1 rings (SSSR count). The van der Waals surface area contributed by atoms with Gasteiger partial charge in [0.2, 0.25) is 5.91 Å². The Bertz CT molecular complexity index is 512. The maximum absolute atomic E-state index is 13.0. The van der Waals surface area contributed by atoms with E-state index in [0.29, 0.717) is 12.1 Å². The average molecular weight is 291 g/mol. The van der Waals surface area contributed by atoms with Gasteiger partial charge in [0.15, 0.2) is 0 Å². The first-order chi connectivity index (χ1) is 9.20. The molecule has 0 heterocycles. The van der Waals surface area contributed by atoms with Crippen LogP contribution >= 0.6 is 0 Å². The summed E-state index contributed by atoms with van der Waals surface area (Å²) in [6.45, 7) is 1.49. The molecular weight excluding hydrogens is 278 g/mol. The highest BCUT2D eigenvalue weighted by molar-refractivity contribution is 5.80. The largest absolute Gasteiger partial charge is 0.419 e. The van der Waals surface area contributed by atoms with E-state index in [4.69, 9.17) is 0 Å². The van der Waals surface area contributed by atoms with Crippen molar-refractivity contribution in [3.8, 4) is 0 Å². The molecule has 0 aliphatic rings. The van der Waals surface area contributed by atoms with Gasteiger partial charge in [0.25, 0.3) is 0 Å². The van der Waals surface area contributed by atoms with Crippen molar-refractivity contribution in [2.24, 2.45) is 0 Å². The van der Waals surface area contributed by atoms with Gasteiger partial charge in [0.05, 0.1) is 12.0 Å². The summed E-state index contributed by atoms with van der Waals surface area (Å²) in [5, 5.41) is 2.40. The molecule has 7 heteroatoms. The predicted octanol–water partition coefficient (Wildman–Crippen LogP) is 2.48. The Balaban J connectivity index is 2.69. The van der Waals surface area contributed by atoms with Crippen LogP contribution in [0.15, 0.2) is 18.2 Å². The zero-order valence-corrected chi connectivity index (χ0v) is 10.7. The molecule has 0 unspecified atom stereocenters. The van der Waals surface area contributed by atoms with Crippen molar-refractivity contribution in [3.63, 3.8) is 0 Å². The Morgan fingerprint density at radius 1 is 1.25 bits per heavy atom. The molecular formula is C13H13F4NO2. The van der Waals surface area contributed by atoms with Gasteiger partial charge in [-0.25, -0.2) is 4.39 Å². The Labute approximate surface area is 113 Å². The summed E-state index contributed by atoms with van der Waals surface area (Å²) in [5.74, 6) is -2.00. The van der Waals surface area contributed by atoms with Gasteiger partial charge in [0.1, 0.15) is 11.6 Å². The molecule has 0 aliphatic carbocycles. The second kappa shape index (κ2) is 6.49. The van der Waals surface area contributed by atoms with Crippen LogP contribution in [0.1, 0.15) is 24.5 Å². The van der Waals surface area contributed by atoms with Crippen LogP contribution in [0, 0.1) is 5.82 Å². The molecule has 1 aromatic rings. The third-order valence-electron chi connectivity index (χ3n) is 2.50. The predicted molar refractivity (Wildman–Crippen MR) is 63.4 cm³/mol. The number of rotatable bonds is 5. The number of halogens is 4. The monoisotopic (exact) mass is 291 g/mol. The first-order valence-electron chi connectivity index (χ1n) is 5.82. The van der Waals surface area contributed by atoms with Gasteiger partial charge in [-0.05, 0) is 24.6 Å². The molecule has 20 heavy (non-hydrogen) atoms. The van der Waals surface area contributed by atoms with E-state index in [1.165, 1.54) is 6.92 Å². The summed E-state index contributed by atoms with van der Waals surface area (Å²) >= 11 is 0. The second-order valence-electron chi connectivity index (χ2n) is 4.29. The van der Waals surface area contributed by atoms with Gasteiger partial charge in [-0.1, -0.05) is 6.07 Å². The lowest BCUT2D eigenvalue weighted by atomic mass is 10.1. The van der Waals surface area contributed by atoms with E-state index < -0.39 is 23.5 Å². The third-order valence-corrected chi connectivity index (χ3v) is 2.50. The van der Waals surface area contributed by atoms with Crippen LogP contribution in [0.3, 0.4) is 0 Å². The van der Waals surface area contributed by atoms with E-state index in [-0.39, 0.29) is 30.7 Å². The first-order valence-corrected chi connectivity index (χ1v) is 5.82. The minimum absolute atomic E-state index is 0.0547. The second-order valence-corrected chi connectivity index (χ2v) is 4.29. The summed E-state index contributed by atoms with van der Waals surface area (Å²) < 4.78 is 50.5. The molecule has 110 valence electrons. The maximum atomic E-state index is 13.0. The molecule has 0 spiro atoms. The number of nitrogens with one attached hydrogen (secondary N) is 1. The highest BCUT2D eigenvalue weighted by Crippen LogP contribution is 2.31. The third kappa shape index (κ3) is 4.99. The maximum Gasteiger partial charge on any atom is 0.419 e. The minimum Gasteiger partial charge on any atom is -0.355 e. The zero-order chi connectivity index (χ0) is 15.3. The molecule has 0 aliphatic heterocycles. The van der Waals surface area contributed by atoms with Crippen molar-refractivity contribution in [2.75, 3.05) is 6.54 Å². The topological polar surface area (TPSA) is 46.2 Å². The Kier molecular flexibility index (Phi) is 5.24. The zero-order valence-electron chi connectivity index (χ0n) is 10.7. The van der Waals surface area contributed by atoms with Gasteiger partial charge in [-0.15, -0.1) is 0 Å². The SMILES string of the molecule is CC(=O)CCNC(=O)Cc1ccc(F)c(C(F)(F)F)c1. The van der Waals surface area contributed by atoms with Crippen LogP contribution in [-0.4, -0.2) is 18.2 Å². The minimum atomic E-state index is -4.80. The van der Waals surface area contributed by atoms with Crippen molar-refractivity contribution in [2.45, 2.75) is 25.9 Å². The van der Waals surface area contributed by atoms with E-state index >= 15 is 0 Å². The molecule has 0 aromatic heterocycles. The standard InChI is InChI=1S/C13H13F4NO2/c1-8(19)4-5-18-12(20)7-9-2-3-11(14)10(6-9)13(15,16)17/h2-3,6H,4-5,7H2,1H3,(H,18,20). The van der Waals surface area contributed by atoms with Crippen molar-refractivity contribution in [3.05, 3.63) is 35.1 Å². The highest BCUT2D eigenvalue weighted by Gasteiger charge is 2.34. The molecule has 0 radical (unpaired) electrons. The van der Waals surface area contributed by atoms with Crippen LogP contribution in [0.5, 0.6) is 0 Å². The number of benzene rings is 1. The first kappa shape index (κ1) is 16.1. The van der Waals surface area contributed by atoms with Crippen LogP contribution in [-0.2, 0) is 22.2 Å². The normalized spacial score (nSPS) is 11.2. The molecule has 0 bridgehead atoms. The smallest absolute Gasteiger partial charge is 0.355 e. The molecule has 0 fully saturated rings. The van der Waals surface area contributed by atoms with Gasteiger partial charge in [-0.2, -0.15) is 13.2 Å². The Hall–Kier alpha value is -1.92. The average Bonchev–Trinajstić information content (AvgIpc) is 2.29. The molecule has 1 aromatic carbocycles. The van der Waals surface area contributed by atoms with E-state index in [9.17, 15) is 27.2 Å². The van der Waals surface area contributed by atoms with Crippen molar-refractivity contribution >= 4 is 11.7 Å². The van der Waals surface area contributed by atoms with Crippen molar-refractivity contribution in [1.29, 1.82) is 0 Å². The van der Waals surface area contributed by atoms with Crippen LogP contribution in [0.2, 0.25) is 0 Å². The number of amides is 1. The molecule has 0 atom stereocenters. The fraction of sp³-hybridized carbons (Fsp3) is 0.385. The van der Waals surface area contributed by atoms with Gasteiger partial charge in [0, 0.05) is 13.0 Å². The fourth-order valence-electron chi connectivity index (χ4n) is 1.53. The molecule has 0 saturated heterocycles. The summed E-state index contributed by atoms with van der Waals surface area (Å²) in [6.07, 6.45) is -4.95. The van der Waals surface area contributed by atoms with E-state index in [2.05, 4.69) is 5.32 Å². The van der Waals surface area contributed by atoms with Crippen LogP contribution in [0.25, 0.3) is 0 Å². The summed E-state index contributed by atoms with van der Waals surface area (Å²) in [4.78, 5) is 22.1. The molecule has 1 amide bonds. The number of hydrogen-bond acceptors (Lipinski definition) is 2. The lowest BCUT2D eigenvalue weighted by Gasteiger charge is -2.10. The van der Waals surface area contributed by atoms with Gasteiger partial charge >= 0.3 is 6.18 Å². The van der Waals surface area contributed by atoms with Crippen molar-refractivity contribution < 1.29 is 27.2 Å². The van der Waals surface area contributed by atoms with Gasteiger partial charge in [-0.3, -0.25) is 9.59 Å². The highest BCUT2D eigenvalue weighted by atomic mass is 19.4. The number of carbonyl (C=O) groups excluding carboxylic acids is 2. The number of hydrogen-bond donors (Lipinski definition) is 1. The number of alkyl halides is 3. The van der Waals surface area contributed by atoms with E-state index in [0.717, 1.165) is 6.07 Å². The summed E-state index contributed by atoms with van der Waals surface area (Å²) in [7, 11) is 0. The van der Waals surface area contributed by atoms with Gasteiger partial charge < -0.3 is 5.32 Å². The van der Waals surface area contributed by atoms with Crippen LogP contribution < -0.4 is 5.32 Å². The fourth-order valence-corrected chi connectivity index (χ4v) is 1.53. The lowest BCUT2D eigenvalue weighted by Crippen LogP contribution is -2.27. The Morgan fingerprint density at radius 3 is 2.45 bits per heavy atom.